The molecule has 2 saturated heterocycles. The SMILES string of the molecule is CC(C)(CCNC(=O)Oc1ccc(F)cc1)CN(C[C@@H](O)[C@H](Cc1ccccc1)N(C(=O)[O-])[C@H]1CO[C@H]2OCC[C@H]21)S(=O)(=O)c1ccc2c(c1)OCO2. The number of halogens is 1. The van der Waals surface area contributed by atoms with E-state index in [1.165, 1.54) is 30.3 Å². The van der Waals surface area contributed by atoms with Crippen LogP contribution >= 0.6 is 0 Å². The van der Waals surface area contributed by atoms with Gasteiger partial charge < -0.3 is 48.9 Å². The largest absolute Gasteiger partial charge is 0.530 e. The molecule has 16 heteroatoms. The van der Waals surface area contributed by atoms with Crippen molar-refractivity contribution in [2.75, 3.05) is 39.6 Å². The normalized spacial score (nSPS) is 20.5. The van der Waals surface area contributed by atoms with Gasteiger partial charge in [0, 0.05) is 31.6 Å². The van der Waals surface area contributed by atoms with E-state index < -0.39 is 64.5 Å². The van der Waals surface area contributed by atoms with Gasteiger partial charge in [-0.1, -0.05) is 44.2 Å². The highest BCUT2D eigenvalue weighted by Crippen LogP contribution is 2.38. The molecule has 0 radical (unpaired) electrons. The fourth-order valence-corrected chi connectivity index (χ4v) is 8.65. The van der Waals surface area contributed by atoms with Crippen LogP contribution in [-0.4, -0.2) is 99.0 Å². The Balaban J connectivity index is 1.25. The zero-order valence-electron chi connectivity index (χ0n) is 29.4. The van der Waals surface area contributed by atoms with E-state index >= 15 is 0 Å². The molecule has 0 aliphatic carbocycles. The minimum absolute atomic E-state index is 0.0319. The number of amides is 2. The number of ether oxygens (including phenoxy) is 5. The first-order valence-electron chi connectivity index (χ1n) is 17.4. The molecule has 2 N–H and O–H groups in total. The van der Waals surface area contributed by atoms with Gasteiger partial charge in [0.2, 0.25) is 16.8 Å². The molecule has 0 unspecified atom stereocenters. The number of sulfonamides is 1. The number of fused-ring (bicyclic) bond motifs is 2. The average molecular weight is 757 g/mol. The third-order valence-corrected chi connectivity index (χ3v) is 11.5. The van der Waals surface area contributed by atoms with Crippen molar-refractivity contribution in [3.63, 3.8) is 0 Å². The number of nitrogens with zero attached hydrogens (tertiary/aromatic N) is 2. The minimum atomic E-state index is -4.35. The molecule has 286 valence electrons. The van der Waals surface area contributed by atoms with Crippen LogP contribution in [0, 0.1) is 17.2 Å². The highest BCUT2D eigenvalue weighted by molar-refractivity contribution is 7.89. The highest BCUT2D eigenvalue weighted by atomic mass is 32.2. The maximum atomic E-state index is 14.5. The van der Waals surface area contributed by atoms with E-state index in [0.717, 1.165) is 26.9 Å². The van der Waals surface area contributed by atoms with E-state index in [4.69, 9.17) is 23.7 Å². The molecule has 0 saturated carbocycles. The number of aliphatic hydroxyl groups is 1. The van der Waals surface area contributed by atoms with E-state index in [1.54, 1.807) is 38.1 Å². The third kappa shape index (κ3) is 9.19. The maximum absolute atomic E-state index is 14.5. The predicted molar refractivity (Wildman–Crippen MR) is 185 cm³/mol. The van der Waals surface area contributed by atoms with Crippen LogP contribution in [0.15, 0.2) is 77.7 Å². The van der Waals surface area contributed by atoms with Crippen LogP contribution in [0.5, 0.6) is 17.2 Å². The first-order chi connectivity index (χ1) is 25.3. The summed E-state index contributed by atoms with van der Waals surface area (Å²) in [5.74, 6) is 0.0134. The summed E-state index contributed by atoms with van der Waals surface area (Å²) in [4.78, 5) is 26.4. The maximum Gasteiger partial charge on any atom is 0.412 e. The molecule has 0 spiro atoms. The molecule has 3 aliphatic heterocycles. The van der Waals surface area contributed by atoms with Crippen molar-refractivity contribution in [3.8, 4) is 17.2 Å². The summed E-state index contributed by atoms with van der Waals surface area (Å²) in [5, 5.41) is 27.7. The molecule has 3 aromatic carbocycles. The number of nitrogens with one attached hydrogen (secondary N) is 1. The van der Waals surface area contributed by atoms with Gasteiger partial charge in [-0.2, -0.15) is 4.31 Å². The molecule has 2 amide bonds. The molecule has 3 aliphatic rings. The van der Waals surface area contributed by atoms with Gasteiger partial charge in [-0.25, -0.2) is 17.6 Å². The molecule has 14 nitrogen and oxygen atoms in total. The Labute approximate surface area is 307 Å². The number of carbonyl (C=O) groups excluding carboxylic acids is 2. The van der Waals surface area contributed by atoms with Crippen LogP contribution in [0.2, 0.25) is 0 Å². The summed E-state index contributed by atoms with van der Waals surface area (Å²) in [6.45, 7) is 3.44. The lowest BCUT2D eigenvalue weighted by Gasteiger charge is -2.43. The average Bonchev–Trinajstić information content (AvgIpc) is 3.87. The summed E-state index contributed by atoms with van der Waals surface area (Å²) in [7, 11) is -4.35. The predicted octanol–water partition coefficient (Wildman–Crippen LogP) is 3.13. The molecule has 5 atom stereocenters. The summed E-state index contributed by atoms with van der Waals surface area (Å²) in [5.41, 5.74) is -0.0757. The second kappa shape index (κ2) is 16.3. The van der Waals surface area contributed by atoms with Gasteiger partial charge in [-0.3, -0.25) is 0 Å². The lowest BCUT2D eigenvalue weighted by Crippen LogP contribution is -2.61. The van der Waals surface area contributed by atoms with Gasteiger partial charge in [-0.15, -0.1) is 0 Å². The first-order valence-corrected chi connectivity index (χ1v) is 18.8. The van der Waals surface area contributed by atoms with Crippen molar-refractivity contribution in [3.05, 3.63) is 84.2 Å². The second-order valence-corrected chi connectivity index (χ2v) is 16.0. The monoisotopic (exact) mass is 756 g/mol. The molecule has 53 heavy (non-hydrogen) atoms. The quantitative estimate of drug-likeness (QED) is 0.233. The Morgan fingerprint density at radius 3 is 2.53 bits per heavy atom. The number of carbonyl (C=O) groups is 2. The number of benzene rings is 3. The van der Waals surface area contributed by atoms with Gasteiger partial charge >= 0.3 is 6.09 Å². The van der Waals surface area contributed by atoms with Crippen molar-refractivity contribution in [1.29, 1.82) is 0 Å². The highest BCUT2D eigenvalue weighted by Gasteiger charge is 2.47. The zero-order chi connectivity index (χ0) is 37.8. The minimum Gasteiger partial charge on any atom is -0.530 e. The molecule has 2 fully saturated rings. The molecular weight excluding hydrogens is 713 g/mol. The molecule has 3 aromatic rings. The Kier molecular flexibility index (Phi) is 11.7. The lowest BCUT2D eigenvalue weighted by molar-refractivity contribution is -0.273. The van der Waals surface area contributed by atoms with E-state index in [0.29, 0.717) is 18.8 Å². The number of rotatable bonds is 15. The van der Waals surface area contributed by atoms with Crippen molar-refractivity contribution in [2.45, 2.75) is 62.5 Å². The van der Waals surface area contributed by atoms with Crippen molar-refractivity contribution in [2.24, 2.45) is 11.3 Å². The van der Waals surface area contributed by atoms with E-state index in [-0.39, 0.29) is 61.6 Å². The fourth-order valence-electron chi connectivity index (χ4n) is 6.99. The summed E-state index contributed by atoms with van der Waals surface area (Å²) < 4.78 is 70.8. The van der Waals surface area contributed by atoms with E-state index in [1.807, 2.05) is 6.07 Å². The Hall–Kier alpha value is -4.48. The van der Waals surface area contributed by atoms with Crippen molar-refractivity contribution in [1.82, 2.24) is 14.5 Å². The van der Waals surface area contributed by atoms with Crippen LogP contribution < -0.4 is 24.6 Å². The van der Waals surface area contributed by atoms with Crippen LogP contribution in [0.4, 0.5) is 14.0 Å². The molecular formula is C37H43FN3O11S-. The number of carboxylic acid groups (broad SMARTS) is 1. The Morgan fingerprint density at radius 1 is 1.06 bits per heavy atom. The van der Waals surface area contributed by atoms with Crippen molar-refractivity contribution >= 4 is 22.2 Å². The number of hydrogen-bond acceptors (Lipinski definition) is 11. The first kappa shape index (κ1) is 38.3. The van der Waals surface area contributed by atoms with Crippen molar-refractivity contribution < 1.29 is 56.3 Å². The summed E-state index contributed by atoms with van der Waals surface area (Å²) in [6, 6.07) is 16.4. The van der Waals surface area contributed by atoms with E-state index in [2.05, 4.69) is 5.32 Å². The number of aliphatic hydroxyl groups excluding tert-OH is 1. The van der Waals surface area contributed by atoms with Crippen LogP contribution in [0.1, 0.15) is 32.3 Å². The lowest BCUT2D eigenvalue weighted by atomic mass is 9.89. The Bertz CT molecular complexity index is 1850. The third-order valence-electron chi connectivity index (χ3n) is 9.74. The van der Waals surface area contributed by atoms with Gasteiger partial charge in [0.05, 0.1) is 36.3 Å². The topological polar surface area (TPSA) is 176 Å². The number of hydrogen-bond donors (Lipinski definition) is 2. The molecule has 6 rings (SSSR count). The van der Waals surface area contributed by atoms with Gasteiger partial charge in [0.25, 0.3) is 0 Å². The molecule has 0 bridgehead atoms. The molecule has 0 aromatic heterocycles. The standard InChI is InChI=1S/C37H44FN3O11S/c1-37(2,15-16-39-35(43)52-26-10-8-25(38)9-11-26)22-40(53(46,47)27-12-13-32-33(19-27)51-23-50-32)20-31(42)29(18-24-6-4-3-5-7-24)41(36(44)45)30-21-49-34-28(30)14-17-48-34/h3-13,19,28-31,34,42H,14-18,20-23H2,1-2H3,(H,39,43)(H,44,45)/p-1/t28-,29-,30-,31+,34+/m0/s1. The second-order valence-electron chi connectivity index (χ2n) is 14.1. The molecule has 3 heterocycles. The summed E-state index contributed by atoms with van der Waals surface area (Å²) in [6.07, 6.45) is -3.51. The van der Waals surface area contributed by atoms with Crippen LogP contribution in [-0.2, 0) is 25.9 Å². The van der Waals surface area contributed by atoms with Crippen LogP contribution in [0.3, 0.4) is 0 Å². The van der Waals surface area contributed by atoms with E-state index in [9.17, 15) is 32.6 Å². The van der Waals surface area contributed by atoms with Crippen LogP contribution in [0.25, 0.3) is 0 Å². The van der Waals surface area contributed by atoms with Gasteiger partial charge in [-0.05, 0) is 66.6 Å². The summed E-state index contributed by atoms with van der Waals surface area (Å²) >= 11 is 0. The zero-order valence-corrected chi connectivity index (χ0v) is 30.2. The van der Waals surface area contributed by atoms with Gasteiger partial charge in [0.1, 0.15) is 17.7 Å². The smallest absolute Gasteiger partial charge is 0.412 e. The van der Waals surface area contributed by atoms with Gasteiger partial charge in [0.15, 0.2) is 17.8 Å². The fraction of sp³-hybridized carbons (Fsp3) is 0.459. The Morgan fingerprint density at radius 2 is 1.79 bits per heavy atom.